The van der Waals surface area contributed by atoms with Crippen molar-refractivity contribution in [3.8, 4) is 11.1 Å². The maximum Gasteiger partial charge on any atom is 0.416 e. The van der Waals surface area contributed by atoms with Crippen LogP contribution in [0.25, 0.3) is 11.1 Å². The Hall–Kier alpha value is -3.28. The molecule has 6 heteroatoms. The number of rotatable bonds is 4. The molecule has 0 aliphatic carbocycles. The second kappa shape index (κ2) is 7.86. The molecule has 3 nitrogen and oxygen atoms in total. The first-order valence-electron chi connectivity index (χ1n) is 9.62. The Balaban J connectivity index is 1.70. The Morgan fingerprint density at radius 1 is 0.933 bits per heavy atom. The Morgan fingerprint density at radius 3 is 2.20 bits per heavy atom. The SMILES string of the molecule is CC1C(c2ccccc2)OC(=O)N1Cc1cc(C(F)(F)F)ccc1-c1ccccc1. The summed E-state index contributed by atoms with van der Waals surface area (Å²) in [6.07, 6.45) is -5.47. The molecule has 0 aromatic heterocycles. The summed E-state index contributed by atoms with van der Waals surface area (Å²) in [7, 11) is 0. The molecule has 3 aromatic carbocycles. The first-order valence-corrected chi connectivity index (χ1v) is 9.62. The summed E-state index contributed by atoms with van der Waals surface area (Å²) in [6.45, 7) is 1.87. The van der Waals surface area contributed by atoms with E-state index < -0.39 is 23.9 Å². The molecule has 1 saturated heterocycles. The van der Waals surface area contributed by atoms with Gasteiger partial charge < -0.3 is 4.74 Å². The zero-order valence-electron chi connectivity index (χ0n) is 16.3. The van der Waals surface area contributed by atoms with E-state index in [-0.39, 0.29) is 12.6 Å². The van der Waals surface area contributed by atoms with Crippen LogP contribution in [0.5, 0.6) is 0 Å². The van der Waals surface area contributed by atoms with Crippen LogP contribution in [0.4, 0.5) is 18.0 Å². The smallest absolute Gasteiger partial charge is 0.416 e. The highest BCUT2D eigenvalue weighted by Gasteiger charge is 2.40. The first-order chi connectivity index (χ1) is 14.3. The molecule has 1 fully saturated rings. The maximum absolute atomic E-state index is 13.3. The molecule has 154 valence electrons. The molecule has 0 N–H and O–H groups in total. The number of alkyl halides is 3. The molecule has 4 rings (SSSR count). The van der Waals surface area contributed by atoms with Gasteiger partial charge in [-0.15, -0.1) is 0 Å². The van der Waals surface area contributed by atoms with Gasteiger partial charge in [-0.1, -0.05) is 66.7 Å². The standard InChI is InChI=1S/C24H20F3NO2/c1-16-22(18-10-6-3-7-11-18)30-23(29)28(16)15-19-14-20(24(25,26)27)12-13-21(19)17-8-4-2-5-9-17/h2-14,16,22H,15H2,1H3. The van der Waals surface area contributed by atoms with Crippen LogP contribution in [0.1, 0.15) is 29.7 Å². The van der Waals surface area contributed by atoms with Crippen molar-refractivity contribution in [2.24, 2.45) is 0 Å². The van der Waals surface area contributed by atoms with Crippen molar-refractivity contribution in [3.63, 3.8) is 0 Å². The lowest BCUT2D eigenvalue weighted by molar-refractivity contribution is -0.137. The molecule has 0 radical (unpaired) electrons. The molecule has 1 amide bonds. The fraction of sp³-hybridized carbons (Fsp3) is 0.208. The zero-order valence-corrected chi connectivity index (χ0v) is 16.3. The molecule has 1 aliphatic rings. The number of ether oxygens (including phenoxy) is 1. The Labute approximate surface area is 172 Å². The van der Waals surface area contributed by atoms with Gasteiger partial charge in [0.25, 0.3) is 0 Å². The average molecular weight is 411 g/mol. The number of hydrogen-bond acceptors (Lipinski definition) is 2. The molecule has 1 heterocycles. The summed E-state index contributed by atoms with van der Waals surface area (Å²) >= 11 is 0. The zero-order chi connectivity index (χ0) is 21.3. The summed E-state index contributed by atoms with van der Waals surface area (Å²) in [6, 6.07) is 21.9. The van der Waals surface area contributed by atoms with Gasteiger partial charge in [-0.25, -0.2) is 4.79 Å². The van der Waals surface area contributed by atoms with Crippen molar-refractivity contribution in [2.75, 3.05) is 0 Å². The fourth-order valence-corrected chi connectivity index (χ4v) is 3.79. The van der Waals surface area contributed by atoms with Crippen LogP contribution in [0, 0.1) is 0 Å². The van der Waals surface area contributed by atoms with Crippen LogP contribution < -0.4 is 0 Å². The first kappa shape index (κ1) is 20.0. The van der Waals surface area contributed by atoms with E-state index in [0.717, 1.165) is 23.3 Å². The lowest BCUT2D eigenvalue weighted by Crippen LogP contribution is -2.31. The van der Waals surface area contributed by atoms with E-state index >= 15 is 0 Å². The minimum atomic E-state index is -4.46. The third-order valence-corrected chi connectivity index (χ3v) is 5.38. The number of nitrogens with zero attached hydrogens (tertiary/aromatic N) is 1. The van der Waals surface area contributed by atoms with Gasteiger partial charge in [-0.05, 0) is 41.3 Å². The van der Waals surface area contributed by atoms with Crippen LogP contribution in [-0.2, 0) is 17.5 Å². The lowest BCUT2D eigenvalue weighted by Gasteiger charge is -2.23. The van der Waals surface area contributed by atoms with Crippen LogP contribution in [-0.4, -0.2) is 17.0 Å². The van der Waals surface area contributed by atoms with Crippen LogP contribution >= 0.6 is 0 Å². The summed E-state index contributed by atoms with van der Waals surface area (Å²) in [5.74, 6) is 0. The molecule has 2 unspecified atom stereocenters. The van der Waals surface area contributed by atoms with Crippen molar-refractivity contribution < 1.29 is 22.7 Å². The second-order valence-electron chi connectivity index (χ2n) is 7.32. The summed E-state index contributed by atoms with van der Waals surface area (Å²) in [4.78, 5) is 14.1. The monoisotopic (exact) mass is 411 g/mol. The number of hydrogen-bond donors (Lipinski definition) is 0. The minimum Gasteiger partial charge on any atom is -0.439 e. The maximum atomic E-state index is 13.3. The number of cyclic esters (lactones) is 1. The van der Waals surface area contributed by atoms with Gasteiger partial charge in [0.1, 0.15) is 6.10 Å². The van der Waals surface area contributed by atoms with Crippen molar-refractivity contribution in [2.45, 2.75) is 31.8 Å². The van der Waals surface area contributed by atoms with Crippen LogP contribution in [0.3, 0.4) is 0 Å². The molecular formula is C24H20F3NO2. The van der Waals surface area contributed by atoms with Gasteiger partial charge in [-0.2, -0.15) is 13.2 Å². The van der Waals surface area contributed by atoms with Crippen molar-refractivity contribution in [1.29, 1.82) is 0 Å². The molecule has 1 aliphatic heterocycles. The van der Waals surface area contributed by atoms with Crippen LogP contribution in [0.2, 0.25) is 0 Å². The lowest BCUT2D eigenvalue weighted by atomic mass is 9.96. The number of benzene rings is 3. The van der Waals surface area contributed by atoms with Gasteiger partial charge >= 0.3 is 12.3 Å². The van der Waals surface area contributed by atoms with Crippen molar-refractivity contribution >= 4 is 6.09 Å². The van der Waals surface area contributed by atoms with E-state index in [1.807, 2.05) is 67.6 Å². The molecule has 0 bridgehead atoms. The number of carbonyl (C=O) groups is 1. The molecule has 0 saturated carbocycles. The number of halogens is 3. The summed E-state index contributed by atoms with van der Waals surface area (Å²) < 4.78 is 45.6. The second-order valence-corrected chi connectivity index (χ2v) is 7.32. The van der Waals surface area contributed by atoms with Gasteiger partial charge in [0, 0.05) is 0 Å². The third kappa shape index (κ3) is 3.90. The van der Waals surface area contributed by atoms with Gasteiger partial charge in [-0.3, -0.25) is 4.90 Å². The molecule has 2 atom stereocenters. The normalized spacial score (nSPS) is 19.1. The number of carbonyl (C=O) groups excluding carboxylic acids is 1. The Morgan fingerprint density at radius 2 is 1.57 bits per heavy atom. The van der Waals surface area contributed by atoms with E-state index in [4.69, 9.17) is 4.74 Å². The molecule has 3 aromatic rings. The van der Waals surface area contributed by atoms with Gasteiger partial charge in [0.05, 0.1) is 18.2 Å². The Bertz CT molecular complexity index is 1040. The van der Waals surface area contributed by atoms with E-state index in [9.17, 15) is 18.0 Å². The Kier molecular flexibility index (Phi) is 5.24. The van der Waals surface area contributed by atoms with Crippen LogP contribution in [0.15, 0.2) is 78.9 Å². The van der Waals surface area contributed by atoms with Crippen molar-refractivity contribution in [3.05, 3.63) is 95.6 Å². The topological polar surface area (TPSA) is 29.5 Å². The summed E-state index contributed by atoms with van der Waals surface area (Å²) in [5.41, 5.74) is 1.99. The van der Waals surface area contributed by atoms with Crippen molar-refractivity contribution in [1.82, 2.24) is 4.90 Å². The highest BCUT2D eigenvalue weighted by atomic mass is 19.4. The molecular weight excluding hydrogens is 391 g/mol. The predicted molar refractivity (Wildman–Crippen MR) is 108 cm³/mol. The fourth-order valence-electron chi connectivity index (χ4n) is 3.79. The number of amides is 1. The van der Waals surface area contributed by atoms with E-state index in [2.05, 4.69) is 0 Å². The highest BCUT2D eigenvalue weighted by molar-refractivity contribution is 5.73. The van der Waals surface area contributed by atoms with E-state index in [1.165, 1.54) is 11.0 Å². The van der Waals surface area contributed by atoms with E-state index in [1.54, 1.807) is 0 Å². The quantitative estimate of drug-likeness (QED) is 0.493. The van der Waals surface area contributed by atoms with Gasteiger partial charge in [0.15, 0.2) is 0 Å². The summed E-state index contributed by atoms with van der Waals surface area (Å²) in [5, 5.41) is 0. The largest absolute Gasteiger partial charge is 0.439 e. The average Bonchev–Trinajstić information content (AvgIpc) is 3.02. The third-order valence-electron chi connectivity index (χ3n) is 5.38. The van der Waals surface area contributed by atoms with Gasteiger partial charge in [0.2, 0.25) is 0 Å². The predicted octanol–water partition coefficient (Wildman–Crippen LogP) is 6.45. The highest BCUT2D eigenvalue weighted by Crippen LogP contribution is 2.37. The molecule has 0 spiro atoms. The minimum absolute atomic E-state index is 0.0253. The molecule has 30 heavy (non-hydrogen) atoms. The van der Waals surface area contributed by atoms with E-state index in [0.29, 0.717) is 11.1 Å².